The zero-order valence-electron chi connectivity index (χ0n) is 14.4. The lowest BCUT2D eigenvalue weighted by Crippen LogP contribution is -2.40. The maximum absolute atomic E-state index is 12.7. The van der Waals surface area contributed by atoms with Gasteiger partial charge in [-0.3, -0.25) is 9.89 Å². The Morgan fingerprint density at radius 2 is 1.96 bits per heavy atom. The number of hydrogen-bond donors (Lipinski definition) is 1. The van der Waals surface area contributed by atoms with E-state index in [2.05, 4.69) is 10.2 Å². The average molecular weight is 333 g/mol. The number of nitrogens with one attached hydrogen (secondary N) is 1. The van der Waals surface area contributed by atoms with Crippen LogP contribution in [0.15, 0.2) is 30.5 Å². The topological polar surface area (TPSA) is 76.7 Å². The molecule has 0 saturated carbocycles. The molecule has 0 radical (unpaired) electrons. The van der Waals surface area contributed by atoms with Crippen LogP contribution in [0.5, 0.6) is 11.5 Å². The van der Waals surface area contributed by atoms with Crippen molar-refractivity contribution < 1.29 is 19.0 Å². The maximum atomic E-state index is 12.7. The Morgan fingerprint density at radius 1 is 1.21 bits per heavy atom. The van der Waals surface area contributed by atoms with Crippen LogP contribution in [0.4, 0.5) is 0 Å². The van der Waals surface area contributed by atoms with Gasteiger partial charge in [0.15, 0.2) is 11.5 Å². The molecule has 1 aromatic heterocycles. The number of benzene rings is 1. The Bertz CT molecular complexity index is 658. The SMILES string of the molecule is COC[C@H](C)N(Cc1ccc(OC)c(OC)c1)C(=O)c1ccn[nH]1. The minimum atomic E-state index is -0.133. The van der Waals surface area contributed by atoms with E-state index in [1.807, 2.05) is 25.1 Å². The van der Waals surface area contributed by atoms with Gasteiger partial charge in [0.25, 0.3) is 5.91 Å². The first kappa shape index (κ1) is 17.8. The number of aromatic nitrogens is 2. The number of aromatic amines is 1. The molecule has 0 aliphatic carbocycles. The summed E-state index contributed by atoms with van der Waals surface area (Å²) >= 11 is 0. The summed E-state index contributed by atoms with van der Waals surface area (Å²) in [5.74, 6) is 1.15. The zero-order chi connectivity index (χ0) is 17.5. The van der Waals surface area contributed by atoms with Crippen LogP contribution in [-0.4, -0.2) is 55.0 Å². The molecule has 1 N–H and O–H groups in total. The molecule has 24 heavy (non-hydrogen) atoms. The Hall–Kier alpha value is -2.54. The van der Waals surface area contributed by atoms with Gasteiger partial charge in [0.05, 0.1) is 26.9 Å². The molecule has 0 bridgehead atoms. The molecule has 0 unspecified atom stereocenters. The third-order valence-electron chi connectivity index (χ3n) is 3.73. The van der Waals surface area contributed by atoms with Crippen LogP contribution in [0.25, 0.3) is 0 Å². The third-order valence-corrected chi connectivity index (χ3v) is 3.73. The molecule has 1 aromatic carbocycles. The second-order valence-electron chi connectivity index (χ2n) is 5.40. The number of nitrogens with zero attached hydrogens (tertiary/aromatic N) is 2. The lowest BCUT2D eigenvalue weighted by molar-refractivity contribution is 0.0536. The molecule has 0 saturated heterocycles. The van der Waals surface area contributed by atoms with Crippen LogP contribution >= 0.6 is 0 Å². The van der Waals surface area contributed by atoms with Gasteiger partial charge in [-0.2, -0.15) is 5.10 Å². The van der Waals surface area contributed by atoms with Gasteiger partial charge >= 0.3 is 0 Å². The van der Waals surface area contributed by atoms with E-state index in [9.17, 15) is 4.79 Å². The number of H-pyrrole nitrogens is 1. The third kappa shape index (κ3) is 4.05. The van der Waals surface area contributed by atoms with Crippen LogP contribution in [0.1, 0.15) is 23.0 Å². The predicted molar refractivity (Wildman–Crippen MR) is 89.3 cm³/mol. The fourth-order valence-corrected chi connectivity index (χ4v) is 2.46. The van der Waals surface area contributed by atoms with Gasteiger partial charge in [-0.25, -0.2) is 0 Å². The van der Waals surface area contributed by atoms with Crippen molar-refractivity contribution in [3.63, 3.8) is 0 Å². The number of carbonyl (C=O) groups excluding carboxylic acids is 1. The van der Waals surface area contributed by atoms with Gasteiger partial charge < -0.3 is 19.1 Å². The zero-order valence-corrected chi connectivity index (χ0v) is 14.4. The molecule has 1 amide bonds. The minimum absolute atomic E-state index is 0.0982. The molecule has 2 aromatic rings. The summed E-state index contributed by atoms with van der Waals surface area (Å²) in [6, 6.07) is 7.16. The van der Waals surface area contributed by atoms with Gasteiger partial charge in [-0.05, 0) is 30.7 Å². The van der Waals surface area contributed by atoms with E-state index in [1.54, 1.807) is 38.5 Å². The van der Waals surface area contributed by atoms with Crippen molar-refractivity contribution in [3.8, 4) is 11.5 Å². The highest BCUT2D eigenvalue weighted by Gasteiger charge is 2.23. The first-order valence-corrected chi connectivity index (χ1v) is 7.60. The van der Waals surface area contributed by atoms with E-state index >= 15 is 0 Å². The van der Waals surface area contributed by atoms with Crippen molar-refractivity contribution in [2.24, 2.45) is 0 Å². The van der Waals surface area contributed by atoms with Crippen LogP contribution < -0.4 is 9.47 Å². The van der Waals surface area contributed by atoms with Gasteiger partial charge in [-0.15, -0.1) is 0 Å². The van der Waals surface area contributed by atoms with E-state index < -0.39 is 0 Å². The fraction of sp³-hybridized carbons (Fsp3) is 0.412. The number of amides is 1. The van der Waals surface area contributed by atoms with Crippen LogP contribution in [0.3, 0.4) is 0 Å². The number of hydrogen-bond acceptors (Lipinski definition) is 5. The van der Waals surface area contributed by atoms with Gasteiger partial charge in [0.1, 0.15) is 5.69 Å². The lowest BCUT2D eigenvalue weighted by Gasteiger charge is -2.28. The Morgan fingerprint density at radius 3 is 2.54 bits per heavy atom. The van der Waals surface area contributed by atoms with Crippen LogP contribution in [0.2, 0.25) is 0 Å². The Kier molecular flexibility index (Phi) is 6.20. The second-order valence-corrected chi connectivity index (χ2v) is 5.40. The summed E-state index contributed by atoms with van der Waals surface area (Å²) < 4.78 is 15.8. The van der Waals surface area contributed by atoms with E-state index in [0.717, 1.165) is 5.56 Å². The lowest BCUT2D eigenvalue weighted by atomic mass is 10.1. The summed E-state index contributed by atoms with van der Waals surface area (Å²) in [6.07, 6.45) is 1.56. The van der Waals surface area contributed by atoms with Crippen molar-refractivity contribution in [3.05, 3.63) is 41.7 Å². The predicted octanol–water partition coefficient (Wildman–Crippen LogP) is 2.10. The quantitative estimate of drug-likeness (QED) is 0.800. The molecule has 0 spiro atoms. The molecule has 1 atom stereocenters. The molecule has 7 heteroatoms. The largest absolute Gasteiger partial charge is 0.493 e. The first-order valence-electron chi connectivity index (χ1n) is 7.60. The molecule has 0 fully saturated rings. The molecule has 2 rings (SSSR count). The number of carbonyl (C=O) groups is 1. The molecular formula is C17H23N3O4. The van der Waals surface area contributed by atoms with Crippen molar-refractivity contribution in [2.45, 2.75) is 19.5 Å². The summed E-state index contributed by atoms with van der Waals surface area (Å²) in [4.78, 5) is 14.5. The normalized spacial score (nSPS) is 11.8. The summed E-state index contributed by atoms with van der Waals surface area (Å²) in [7, 11) is 4.79. The monoisotopic (exact) mass is 333 g/mol. The highest BCUT2D eigenvalue weighted by atomic mass is 16.5. The number of ether oxygens (including phenoxy) is 3. The molecule has 130 valence electrons. The van der Waals surface area contributed by atoms with Gasteiger partial charge in [0, 0.05) is 19.9 Å². The number of rotatable bonds is 8. The van der Waals surface area contributed by atoms with Crippen molar-refractivity contribution >= 4 is 5.91 Å². The molecule has 1 heterocycles. The number of methoxy groups -OCH3 is 3. The first-order chi connectivity index (χ1) is 11.6. The molecular weight excluding hydrogens is 310 g/mol. The van der Waals surface area contributed by atoms with Crippen LogP contribution in [-0.2, 0) is 11.3 Å². The second kappa shape index (κ2) is 8.35. The van der Waals surface area contributed by atoms with Gasteiger partial charge in [-0.1, -0.05) is 6.07 Å². The summed E-state index contributed by atoms with van der Waals surface area (Å²) in [6.45, 7) is 2.80. The smallest absolute Gasteiger partial charge is 0.272 e. The van der Waals surface area contributed by atoms with Crippen LogP contribution in [0, 0.1) is 0 Å². The van der Waals surface area contributed by atoms with Crippen molar-refractivity contribution in [1.29, 1.82) is 0 Å². The van der Waals surface area contributed by atoms with Gasteiger partial charge in [0.2, 0.25) is 0 Å². The summed E-state index contributed by atoms with van der Waals surface area (Å²) in [5.41, 5.74) is 1.38. The average Bonchev–Trinajstić information content (AvgIpc) is 3.13. The van der Waals surface area contributed by atoms with Crippen molar-refractivity contribution in [2.75, 3.05) is 27.9 Å². The molecule has 7 nitrogen and oxygen atoms in total. The molecule has 0 aliphatic rings. The summed E-state index contributed by atoms with van der Waals surface area (Å²) in [5, 5.41) is 6.56. The highest BCUT2D eigenvalue weighted by Crippen LogP contribution is 2.28. The highest BCUT2D eigenvalue weighted by molar-refractivity contribution is 5.92. The van der Waals surface area contributed by atoms with Crippen molar-refractivity contribution in [1.82, 2.24) is 15.1 Å². The Labute approximate surface area is 141 Å². The minimum Gasteiger partial charge on any atom is -0.493 e. The fourth-order valence-electron chi connectivity index (χ4n) is 2.46. The standard InChI is InChI=1S/C17H23N3O4/c1-12(11-22-2)20(17(21)14-7-8-18-19-14)10-13-5-6-15(23-3)16(9-13)24-4/h5-9,12H,10-11H2,1-4H3,(H,18,19)/t12-/m0/s1. The Balaban J connectivity index is 2.26. The van der Waals surface area contributed by atoms with E-state index in [4.69, 9.17) is 14.2 Å². The maximum Gasteiger partial charge on any atom is 0.272 e. The molecule has 0 aliphatic heterocycles. The van der Waals surface area contributed by atoms with E-state index in [1.165, 1.54) is 0 Å². The van der Waals surface area contributed by atoms with E-state index in [-0.39, 0.29) is 11.9 Å². The van der Waals surface area contributed by atoms with E-state index in [0.29, 0.717) is 30.3 Å².